The first-order valence-corrected chi connectivity index (χ1v) is 10.9. The first-order valence-electron chi connectivity index (χ1n) is 10.9. The number of benzene rings is 2. The van der Waals surface area contributed by atoms with E-state index in [0.717, 1.165) is 43.9 Å². The zero-order valence-electron chi connectivity index (χ0n) is 19.5. The molecule has 6 nitrogen and oxygen atoms in total. The number of carbonyl (C=O) groups is 1. The average Bonchev–Trinajstić information content (AvgIpc) is 2.77. The molecule has 0 saturated carbocycles. The van der Waals surface area contributed by atoms with Gasteiger partial charge in [-0.25, -0.2) is 0 Å². The lowest BCUT2D eigenvalue weighted by atomic mass is 10.1. The van der Waals surface area contributed by atoms with Gasteiger partial charge in [0, 0.05) is 46.3 Å². The number of aryl methyl sites for hydroxylation is 2. The molecule has 0 radical (unpaired) electrons. The standard InChI is InChI=1S/C25H35N3O3/c1-19-8-6-7-9-21(19)17-27-10-12-28(13-11-27)18-25(29)26(3)16-22-15-24(31-5)23(30-4)14-20(22)2/h6-9,14-15H,10-13,16-18H2,1-5H3. The molecule has 1 aliphatic rings. The Morgan fingerprint density at radius 2 is 1.52 bits per heavy atom. The summed E-state index contributed by atoms with van der Waals surface area (Å²) < 4.78 is 10.8. The Morgan fingerprint density at radius 3 is 2.16 bits per heavy atom. The van der Waals surface area contributed by atoms with Crippen LogP contribution in [0.25, 0.3) is 0 Å². The van der Waals surface area contributed by atoms with Crippen molar-refractivity contribution in [1.82, 2.24) is 14.7 Å². The van der Waals surface area contributed by atoms with Gasteiger partial charge in [-0.15, -0.1) is 0 Å². The van der Waals surface area contributed by atoms with Crippen LogP contribution in [0.5, 0.6) is 11.5 Å². The summed E-state index contributed by atoms with van der Waals surface area (Å²) in [6.07, 6.45) is 0. The third-order valence-corrected chi connectivity index (χ3v) is 6.15. The Morgan fingerprint density at radius 1 is 0.903 bits per heavy atom. The molecule has 6 heteroatoms. The van der Waals surface area contributed by atoms with Crippen LogP contribution in [-0.4, -0.2) is 74.6 Å². The van der Waals surface area contributed by atoms with Crippen molar-refractivity contribution >= 4 is 5.91 Å². The fraction of sp³-hybridized carbons (Fsp3) is 0.480. The molecule has 1 aliphatic heterocycles. The van der Waals surface area contributed by atoms with E-state index in [-0.39, 0.29) is 5.91 Å². The molecule has 1 saturated heterocycles. The fourth-order valence-electron chi connectivity index (χ4n) is 3.98. The number of ether oxygens (including phenoxy) is 2. The molecule has 0 atom stereocenters. The number of methoxy groups -OCH3 is 2. The van der Waals surface area contributed by atoms with Crippen LogP contribution in [0.15, 0.2) is 36.4 Å². The molecule has 0 spiro atoms. The SMILES string of the molecule is COc1cc(C)c(CN(C)C(=O)CN2CCN(Cc3ccccc3C)CC2)cc1OC. The number of amides is 1. The highest BCUT2D eigenvalue weighted by Gasteiger charge is 2.21. The second-order valence-corrected chi connectivity index (χ2v) is 8.36. The quantitative estimate of drug-likeness (QED) is 0.650. The molecule has 2 aromatic rings. The van der Waals surface area contributed by atoms with Crippen LogP contribution in [0, 0.1) is 13.8 Å². The second kappa shape index (κ2) is 10.6. The van der Waals surface area contributed by atoms with Crippen molar-refractivity contribution in [2.75, 3.05) is 54.0 Å². The van der Waals surface area contributed by atoms with E-state index in [9.17, 15) is 4.79 Å². The van der Waals surface area contributed by atoms with E-state index in [2.05, 4.69) is 41.0 Å². The number of carbonyl (C=O) groups excluding carboxylic acids is 1. The molecule has 3 rings (SSSR count). The minimum atomic E-state index is 0.140. The van der Waals surface area contributed by atoms with E-state index < -0.39 is 0 Å². The summed E-state index contributed by atoms with van der Waals surface area (Å²) in [6.45, 7) is 10.00. The monoisotopic (exact) mass is 425 g/mol. The van der Waals surface area contributed by atoms with E-state index in [1.165, 1.54) is 11.1 Å². The zero-order chi connectivity index (χ0) is 22.4. The molecule has 1 heterocycles. The van der Waals surface area contributed by atoms with E-state index in [1.807, 2.05) is 26.1 Å². The van der Waals surface area contributed by atoms with Gasteiger partial charge in [0.1, 0.15) is 0 Å². The number of likely N-dealkylation sites (N-methyl/N-ethyl adjacent to an activating group) is 1. The van der Waals surface area contributed by atoms with E-state index in [1.54, 1.807) is 19.1 Å². The Bertz CT molecular complexity index is 892. The predicted octanol–water partition coefficient (Wildman–Crippen LogP) is 3.10. The second-order valence-electron chi connectivity index (χ2n) is 8.36. The van der Waals surface area contributed by atoms with E-state index in [4.69, 9.17) is 9.47 Å². The number of hydrogen-bond donors (Lipinski definition) is 0. The Hall–Kier alpha value is -2.57. The van der Waals surface area contributed by atoms with Crippen LogP contribution in [0.2, 0.25) is 0 Å². The summed E-state index contributed by atoms with van der Waals surface area (Å²) in [5, 5.41) is 0. The Labute approximate surface area is 186 Å². The number of nitrogens with zero attached hydrogens (tertiary/aromatic N) is 3. The van der Waals surface area contributed by atoms with Gasteiger partial charge in [0.25, 0.3) is 0 Å². The van der Waals surface area contributed by atoms with Gasteiger partial charge in [-0.3, -0.25) is 14.6 Å². The fourth-order valence-corrected chi connectivity index (χ4v) is 3.98. The van der Waals surface area contributed by atoms with Gasteiger partial charge in [0.2, 0.25) is 5.91 Å². The summed E-state index contributed by atoms with van der Waals surface area (Å²) in [5.41, 5.74) is 4.88. The molecular weight excluding hydrogens is 390 g/mol. The normalized spacial score (nSPS) is 15.0. The van der Waals surface area contributed by atoms with Crippen molar-refractivity contribution in [3.8, 4) is 11.5 Å². The number of piperazine rings is 1. The first kappa shape index (κ1) is 23.1. The minimum absolute atomic E-state index is 0.140. The van der Waals surface area contributed by atoms with Crippen LogP contribution < -0.4 is 9.47 Å². The highest BCUT2D eigenvalue weighted by molar-refractivity contribution is 5.78. The molecule has 0 unspecified atom stereocenters. The smallest absolute Gasteiger partial charge is 0.236 e. The lowest BCUT2D eigenvalue weighted by molar-refractivity contribution is -0.132. The van der Waals surface area contributed by atoms with Crippen molar-refractivity contribution in [3.05, 3.63) is 58.7 Å². The van der Waals surface area contributed by atoms with Crippen molar-refractivity contribution < 1.29 is 14.3 Å². The van der Waals surface area contributed by atoms with Gasteiger partial charge in [0.15, 0.2) is 11.5 Å². The van der Waals surface area contributed by atoms with Crippen molar-refractivity contribution in [2.45, 2.75) is 26.9 Å². The molecule has 1 amide bonds. The molecular formula is C25H35N3O3. The summed E-state index contributed by atoms with van der Waals surface area (Å²) in [7, 11) is 5.13. The molecule has 0 aliphatic carbocycles. The van der Waals surface area contributed by atoms with Gasteiger partial charge in [-0.05, 0) is 48.2 Å². The zero-order valence-corrected chi connectivity index (χ0v) is 19.5. The maximum absolute atomic E-state index is 12.8. The third kappa shape index (κ3) is 5.99. The van der Waals surface area contributed by atoms with Gasteiger partial charge >= 0.3 is 0 Å². The minimum Gasteiger partial charge on any atom is -0.493 e. The summed E-state index contributed by atoms with van der Waals surface area (Å²) >= 11 is 0. The lowest BCUT2D eigenvalue weighted by Crippen LogP contribution is -2.49. The van der Waals surface area contributed by atoms with Gasteiger partial charge < -0.3 is 14.4 Å². The largest absolute Gasteiger partial charge is 0.493 e. The molecule has 2 aromatic carbocycles. The predicted molar refractivity (Wildman–Crippen MR) is 124 cm³/mol. The Kier molecular flexibility index (Phi) is 7.93. The van der Waals surface area contributed by atoms with Crippen LogP contribution >= 0.6 is 0 Å². The van der Waals surface area contributed by atoms with Gasteiger partial charge in [-0.1, -0.05) is 24.3 Å². The molecule has 0 N–H and O–H groups in total. The maximum Gasteiger partial charge on any atom is 0.236 e. The molecule has 168 valence electrons. The van der Waals surface area contributed by atoms with E-state index in [0.29, 0.717) is 24.6 Å². The summed E-state index contributed by atoms with van der Waals surface area (Å²) in [5.74, 6) is 1.54. The van der Waals surface area contributed by atoms with E-state index >= 15 is 0 Å². The van der Waals surface area contributed by atoms with Crippen LogP contribution in [0.1, 0.15) is 22.3 Å². The Balaban J connectivity index is 1.50. The number of rotatable bonds is 8. The van der Waals surface area contributed by atoms with Crippen molar-refractivity contribution in [3.63, 3.8) is 0 Å². The first-order chi connectivity index (χ1) is 14.9. The molecule has 0 bridgehead atoms. The third-order valence-electron chi connectivity index (χ3n) is 6.15. The summed E-state index contributed by atoms with van der Waals surface area (Å²) in [4.78, 5) is 19.4. The average molecular weight is 426 g/mol. The molecule has 31 heavy (non-hydrogen) atoms. The highest BCUT2D eigenvalue weighted by Crippen LogP contribution is 2.30. The molecule has 1 fully saturated rings. The van der Waals surface area contributed by atoms with Crippen molar-refractivity contribution in [2.24, 2.45) is 0 Å². The van der Waals surface area contributed by atoms with Crippen LogP contribution in [0.4, 0.5) is 0 Å². The van der Waals surface area contributed by atoms with Crippen LogP contribution in [0.3, 0.4) is 0 Å². The lowest BCUT2D eigenvalue weighted by Gasteiger charge is -2.35. The van der Waals surface area contributed by atoms with Gasteiger partial charge in [-0.2, -0.15) is 0 Å². The molecule has 0 aromatic heterocycles. The number of hydrogen-bond acceptors (Lipinski definition) is 5. The summed E-state index contributed by atoms with van der Waals surface area (Å²) in [6, 6.07) is 12.5. The van der Waals surface area contributed by atoms with Crippen molar-refractivity contribution in [1.29, 1.82) is 0 Å². The van der Waals surface area contributed by atoms with Crippen LogP contribution in [-0.2, 0) is 17.9 Å². The highest BCUT2D eigenvalue weighted by atomic mass is 16.5. The van der Waals surface area contributed by atoms with Gasteiger partial charge in [0.05, 0.1) is 20.8 Å². The maximum atomic E-state index is 12.8. The topological polar surface area (TPSA) is 45.2 Å².